The molecule has 0 aliphatic heterocycles. The second kappa shape index (κ2) is 17.4. The van der Waals surface area contributed by atoms with E-state index >= 15 is 0 Å². The predicted molar refractivity (Wildman–Crippen MR) is 23.4 cm³/mol. The molecule has 5 heteroatoms. The molecule has 0 radical (unpaired) electrons. The minimum absolute atomic E-state index is 0. The first-order valence-corrected chi connectivity index (χ1v) is 0.408. The quantitative estimate of drug-likeness (QED) is 0.204. The first kappa shape index (κ1) is 15.9. The van der Waals surface area contributed by atoms with E-state index in [1.807, 2.05) is 0 Å². The van der Waals surface area contributed by atoms with Crippen LogP contribution < -0.4 is 5.34 Å². The van der Waals surface area contributed by atoms with Crippen molar-refractivity contribution in [1.82, 2.24) is 0 Å². The minimum atomic E-state index is 0. The van der Waals surface area contributed by atoms with Gasteiger partial charge in [-0.05, 0) is 0 Å². The summed E-state index contributed by atoms with van der Waals surface area (Å²) in [6.45, 7) is 0. The number of hydrogen-bond acceptors (Lipinski definition) is 2. The molecule has 0 heterocycles. The molecule has 0 aromatic carbocycles. The van der Waals surface area contributed by atoms with Gasteiger partial charge in [-0.1, -0.05) is 0 Å². The van der Waals surface area contributed by atoms with Crippen molar-refractivity contribution in [1.29, 1.82) is 0 Å². The topological polar surface area (TPSA) is 54.1 Å². The second-order valence-electron chi connectivity index (χ2n) is 0.0833. The predicted octanol–water partition coefficient (Wildman–Crippen LogP) is -3.23. The van der Waals surface area contributed by atoms with E-state index in [2.05, 4.69) is 0 Å². The molecule has 0 bridgehead atoms. The Hall–Kier alpha value is 1.66. The van der Waals surface area contributed by atoms with E-state index < -0.39 is 0 Å². The average Bonchev–Trinajstić information content (AvgIpc) is 0.918. The summed E-state index contributed by atoms with van der Waals surface area (Å²) in [6, 6.07) is 0. The molecule has 0 aromatic heterocycles. The molecule has 0 spiro atoms. The third kappa shape index (κ3) is 27.5. The Morgan fingerprint density at radius 3 is 1.60 bits per heavy atom. The van der Waals surface area contributed by atoms with Crippen molar-refractivity contribution in [2.45, 2.75) is 0 Å². The Morgan fingerprint density at radius 1 is 1.60 bits per heavy atom. The molecule has 3 nitrogen and oxygen atoms in total. The zero-order chi connectivity index (χ0) is 2.71. The van der Waals surface area contributed by atoms with Gasteiger partial charge in [0.1, 0.15) is 0 Å². The fraction of sp³-hybridized carbons (Fsp3) is 0. The molecular weight excluding hydrogens is 109 g/mol. The molecule has 5 heavy (non-hydrogen) atoms. The standard InChI is InChI=1S/Ca.HNO2.Na.3H/c;2-1-3;;;;/h;1H;;;;. The first-order valence-electron chi connectivity index (χ1n) is 0.408. The molecule has 0 aliphatic rings. The van der Waals surface area contributed by atoms with Gasteiger partial charge in [0, 0.05) is 5.34 Å². The first-order chi connectivity index (χ1) is 1.41. The zero-order valence-electron chi connectivity index (χ0n) is 1.32. The van der Waals surface area contributed by atoms with Crippen molar-refractivity contribution < 1.29 is 5.34 Å². The van der Waals surface area contributed by atoms with Crippen LogP contribution in [-0.2, 0) is 0 Å². The van der Waals surface area contributed by atoms with Crippen molar-refractivity contribution in [2.24, 2.45) is 0 Å². The van der Waals surface area contributed by atoms with Gasteiger partial charge >= 0.3 is 67.3 Å². The summed E-state index contributed by atoms with van der Waals surface area (Å²) >= 11 is 0. The summed E-state index contributed by atoms with van der Waals surface area (Å²) in [4.78, 5) is 8.12. The van der Waals surface area contributed by atoms with Crippen LogP contribution >= 0.6 is 0 Å². The Kier molecular flexibility index (Phi) is 55.3. The number of rotatable bonds is 0. The van der Waals surface area contributed by atoms with Crippen molar-refractivity contribution in [3.63, 3.8) is 0 Å². The number of hydrogen-bond donors (Lipinski definition) is 1. The molecule has 0 aromatic rings. The van der Waals surface area contributed by atoms with Gasteiger partial charge in [-0.15, -0.1) is 0 Å². The van der Waals surface area contributed by atoms with Crippen LogP contribution in [-0.4, -0.2) is 67.3 Å². The van der Waals surface area contributed by atoms with Gasteiger partial charge in [-0.3, -0.25) is 10.1 Å². The van der Waals surface area contributed by atoms with Gasteiger partial charge < -0.3 is 0 Å². The molecule has 0 aliphatic carbocycles. The van der Waals surface area contributed by atoms with E-state index in [1.165, 1.54) is 0 Å². The molecular formula is H4CaNNaO2. The summed E-state index contributed by atoms with van der Waals surface area (Å²) in [6.07, 6.45) is 0. The summed E-state index contributed by atoms with van der Waals surface area (Å²) in [7, 11) is 0. The Labute approximate surface area is 81.3 Å². The van der Waals surface area contributed by atoms with E-state index in [0.29, 0.717) is 0 Å². The summed E-state index contributed by atoms with van der Waals surface area (Å²) in [5.74, 6) is 0. The van der Waals surface area contributed by atoms with E-state index in [0.717, 1.165) is 0 Å². The van der Waals surface area contributed by atoms with Gasteiger partial charge in [0.2, 0.25) is 0 Å². The van der Waals surface area contributed by atoms with E-state index in [9.17, 15) is 0 Å². The van der Waals surface area contributed by atoms with Crippen molar-refractivity contribution in [2.75, 3.05) is 0 Å². The Bertz CT molecular complexity index is 17.1. The van der Waals surface area contributed by atoms with Crippen LogP contribution in [0.1, 0.15) is 0 Å². The van der Waals surface area contributed by atoms with Gasteiger partial charge in [-0.25, -0.2) is 0 Å². The second-order valence-corrected chi connectivity index (χ2v) is 0.0833. The molecule has 0 amide bonds. The van der Waals surface area contributed by atoms with Crippen LogP contribution in [0.2, 0.25) is 0 Å². The Morgan fingerprint density at radius 2 is 1.60 bits per heavy atom. The van der Waals surface area contributed by atoms with E-state index in [4.69, 9.17) is 10.1 Å². The van der Waals surface area contributed by atoms with Gasteiger partial charge in [0.15, 0.2) is 0 Å². The molecule has 0 atom stereocenters. The maximum absolute atomic E-state index is 8.12. The van der Waals surface area contributed by atoms with Crippen LogP contribution in [0.25, 0.3) is 0 Å². The molecule has 0 saturated carbocycles. The fourth-order valence-electron chi connectivity index (χ4n) is 0. The maximum atomic E-state index is 8.12. The number of nitrogens with one attached hydrogen (secondary N) is 1. The van der Waals surface area contributed by atoms with Crippen molar-refractivity contribution in [3.8, 4) is 0 Å². The zero-order valence-corrected chi connectivity index (χ0v) is 1.32. The monoisotopic (exact) mass is 113 g/mol. The molecule has 24 valence electrons. The fourth-order valence-corrected chi connectivity index (χ4v) is 0. The van der Waals surface area contributed by atoms with E-state index in [-0.39, 0.29) is 72.6 Å². The van der Waals surface area contributed by atoms with Gasteiger partial charge in [-0.2, -0.15) is 0 Å². The van der Waals surface area contributed by atoms with Crippen LogP contribution in [0, 0.1) is 10.1 Å². The third-order valence-electron chi connectivity index (χ3n) is 0. The van der Waals surface area contributed by atoms with Crippen molar-refractivity contribution >= 4 is 67.3 Å². The Balaban J connectivity index is -0.0000000200. The van der Waals surface area contributed by atoms with Gasteiger partial charge in [0.25, 0.3) is 0 Å². The summed E-state index contributed by atoms with van der Waals surface area (Å²) in [5.41, 5.74) is 0. The van der Waals surface area contributed by atoms with Crippen molar-refractivity contribution in [3.05, 3.63) is 10.1 Å². The van der Waals surface area contributed by atoms with E-state index in [1.54, 1.807) is 0 Å². The van der Waals surface area contributed by atoms with Crippen LogP contribution in [0.15, 0.2) is 0 Å². The molecule has 0 unspecified atom stereocenters. The van der Waals surface area contributed by atoms with Crippen LogP contribution in [0.5, 0.6) is 0 Å². The molecule has 0 saturated heterocycles. The summed E-state index contributed by atoms with van der Waals surface area (Å²) < 4.78 is 0. The molecule has 0 fully saturated rings. The van der Waals surface area contributed by atoms with Gasteiger partial charge in [0.05, 0.1) is 0 Å². The van der Waals surface area contributed by atoms with Crippen LogP contribution in [0.4, 0.5) is 0 Å². The van der Waals surface area contributed by atoms with Crippen LogP contribution in [0.3, 0.4) is 0 Å². The molecule has 1 N–H and O–H groups in total. The summed E-state index contributed by atoms with van der Waals surface area (Å²) in [5, 5.41) is 8.38. The normalized spacial score (nSPS) is 2.40. The SMILES string of the molecule is O=[NH+][O-].[CaH2].[NaH]. The average molecular weight is 113 g/mol. The molecule has 0 rings (SSSR count). The third-order valence-corrected chi connectivity index (χ3v) is 0.